The number of rotatable bonds is 5. The van der Waals surface area contributed by atoms with Gasteiger partial charge in [-0.05, 0) is 38.2 Å². The van der Waals surface area contributed by atoms with Crippen LogP contribution in [-0.2, 0) is 11.3 Å². The number of piperidine rings is 1. The SMILES string of the molecule is Cc1scc2nc(C3CCC3)nc(N3CCC(C(=O)NCc4ccccc4)CC3)c12. The minimum Gasteiger partial charge on any atom is -0.356 e. The van der Waals surface area contributed by atoms with Gasteiger partial charge in [0.1, 0.15) is 11.6 Å². The van der Waals surface area contributed by atoms with E-state index in [-0.39, 0.29) is 11.8 Å². The third-order valence-electron chi connectivity index (χ3n) is 6.58. The molecule has 1 N–H and O–H groups in total. The predicted octanol–water partition coefficient (Wildman–Crippen LogP) is 4.80. The Morgan fingerprint density at radius 2 is 1.90 bits per heavy atom. The summed E-state index contributed by atoms with van der Waals surface area (Å²) in [5.74, 6) is 2.88. The summed E-state index contributed by atoms with van der Waals surface area (Å²) in [5.41, 5.74) is 2.23. The molecule has 0 spiro atoms. The number of carbonyl (C=O) groups excluding carboxylic acids is 1. The minimum absolute atomic E-state index is 0.0805. The topological polar surface area (TPSA) is 58.1 Å². The van der Waals surface area contributed by atoms with Crippen LogP contribution < -0.4 is 10.2 Å². The maximum absolute atomic E-state index is 12.7. The van der Waals surface area contributed by atoms with Crippen molar-refractivity contribution < 1.29 is 4.79 Å². The van der Waals surface area contributed by atoms with Gasteiger partial charge in [0.25, 0.3) is 0 Å². The Morgan fingerprint density at radius 3 is 2.60 bits per heavy atom. The molecule has 1 aromatic carbocycles. The molecule has 1 aliphatic heterocycles. The number of hydrogen-bond donors (Lipinski definition) is 1. The van der Waals surface area contributed by atoms with Crippen molar-refractivity contribution in [2.45, 2.75) is 51.5 Å². The molecular formula is C24H28N4OS. The summed E-state index contributed by atoms with van der Waals surface area (Å²) in [4.78, 5) is 26.3. The predicted molar refractivity (Wildman–Crippen MR) is 122 cm³/mol. The fourth-order valence-electron chi connectivity index (χ4n) is 4.47. The molecule has 156 valence electrons. The summed E-state index contributed by atoms with van der Waals surface area (Å²) in [7, 11) is 0. The van der Waals surface area contributed by atoms with Gasteiger partial charge in [-0.15, -0.1) is 11.3 Å². The van der Waals surface area contributed by atoms with Crippen LogP contribution >= 0.6 is 11.3 Å². The van der Waals surface area contributed by atoms with Gasteiger partial charge in [0.2, 0.25) is 5.91 Å². The van der Waals surface area contributed by atoms with Gasteiger partial charge in [-0.1, -0.05) is 36.8 Å². The highest BCUT2D eigenvalue weighted by Gasteiger charge is 2.29. The third kappa shape index (κ3) is 3.81. The molecule has 30 heavy (non-hydrogen) atoms. The number of thiophene rings is 1. The van der Waals surface area contributed by atoms with Crippen LogP contribution in [0.25, 0.3) is 10.9 Å². The van der Waals surface area contributed by atoms with Crippen molar-refractivity contribution in [3.05, 3.63) is 52.0 Å². The highest BCUT2D eigenvalue weighted by molar-refractivity contribution is 7.11. The lowest BCUT2D eigenvalue weighted by Gasteiger charge is -2.33. The van der Waals surface area contributed by atoms with E-state index in [1.807, 2.05) is 30.3 Å². The van der Waals surface area contributed by atoms with Crippen molar-refractivity contribution >= 4 is 34.0 Å². The molecule has 0 atom stereocenters. The summed E-state index contributed by atoms with van der Waals surface area (Å²) < 4.78 is 0. The highest BCUT2D eigenvalue weighted by Crippen LogP contribution is 2.39. The summed E-state index contributed by atoms with van der Waals surface area (Å²) >= 11 is 1.76. The molecule has 0 radical (unpaired) electrons. The number of amides is 1. The quantitative estimate of drug-likeness (QED) is 0.644. The molecule has 5 nitrogen and oxygen atoms in total. The Kier molecular flexibility index (Phi) is 5.42. The molecule has 0 unspecified atom stereocenters. The van der Waals surface area contributed by atoms with Crippen LogP contribution in [0.5, 0.6) is 0 Å². The summed E-state index contributed by atoms with van der Waals surface area (Å²) in [6.45, 7) is 4.50. The normalized spacial score (nSPS) is 17.8. The Bertz CT molecular complexity index is 1040. The fourth-order valence-corrected chi connectivity index (χ4v) is 5.24. The lowest BCUT2D eigenvalue weighted by Crippen LogP contribution is -2.41. The van der Waals surface area contributed by atoms with E-state index in [1.54, 1.807) is 11.3 Å². The van der Waals surface area contributed by atoms with Crippen LogP contribution in [0.1, 0.15) is 54.3 Å². The highest BCUT2D eigenvalue weighted by atomic mass is 32.1. The molecule has 2 aromatic heterocycles. The zero-order chi connectivity index (χ0) is 20.5. The average molecular weight is 421 g/mol. The van der Waals surface area contributed by atoms with Crippen LogP contribution in [0, 0.1) is 12.8 Å². The number of carbonyl (C=O) groups is 1. The second kappa shape index (κ2) is 8.34. The molecule has 1 aliphatic carbocycles. The lowest BCUT2D eigenvalue weighted by atomic mass is 9.85. The number of hydrogen-bond acceptors (Lipinski definition) is 5. The first-order chi connectivity index (χ1) is 14.7. The first-order valence-electron chi connectivity index (χ1n) is 11.0. The van der Waals surface area contributed by atoms with E-state index in [0.29, 0.717) is 12.5 Å². The van der Waals surface area contributed by atoms with Gasteiger partial charge >= 0.3 is 0 Å². The first kappa shape index (κ1) is 19.5. The van der Waals surface area contributed by atoms with Crippen molar-refractivity contribution in [2.75, 3.05) is 18.0 Å². The first-order valence-corrected chi connectivity index (χ1v) is 11.9. The zero-order valence-electron chi connectivity index (χ0n) is 17.4. The second-order valence-corrected chi connectivity index (χ2v) is 9.63. The van der Waals surface area contributed by atoms with Crippen LogP contribution in [0.4, 0.5) is 5.82 Å². The molecular weight excluding hydrogens is 392 g/mol. The van der Waals surface area contributed by atoms with E-state index in [9.17, 15) is 4.79 Å². The fraction of sp³-hybridized carbons (Fsp3) is 0.458. The average Bonchev–Trinajstić information content (AvgIpc) is 3.12. The van der Waals surface area contributed by atoms with Gasteiger partial charge in [-0.25, -0.2) is 9.97 Å². The van der Waals surface area contributed by atoms with E-state index in [1.165, 1.54) is 29.5 Å². The standard InChI is InChI=1S/C24H28N4OS/c1-16-21-20(15-30-16)26-22(18-8-5-9-18)27-23(21)28-12-10-19(11-13-28)24(29)25-14-17-6-3-2-4-7-17/h2-4,6-7,15,18-19H,5,8-14H2,1H3,(H,25,29). The smallest absolute Gasteiger partial charge is 0.223 e. The Morgan fingerprint density at radius 1 is 1.13 bits per heavy atom. The second-order valence-electron chi connectivity index (χ2n) is 8.55. The van der Waals surface area contributed by atoms with Crippen LogP contribution in [0.15, 0.2) is 35.7 Å². The molecule has 1 amide bonds. The number of benzene rings is 1. The number of nitrogens with one attached hydrogen (secondary N) is 1. The maximum atomic E-state index is 12.7. The molecule has 6 heteroatoms. The van der Waals surface area contributed by atoms with E-state index in [4.69, 9.17) is 9.97 Å². The molecule has 2 fully saturated rings. The Hall–Kier alpha value is -2.47. The van der Waals surface area contributed by atoms with Gasteiger partial charge in [0, 0.05) is 41.7 Å². The largest absolute Gasteiger partial charge is 0.356 e. The van der Waals surface area contributed by atoms with Crippen molar-refractivity contribution in [1.29, 1.82) is 0 Å². The summed E-state index contributed by atoms with van der Waals surface area (Å²) in [5, 5.41) is 6.49. The number of nitrogens with zero attached hydrogens (tertiary/aromatic N) is 3. The molecule has 1 saturated heterocycles. The zero-order valence-corrected chi connectivity index (χ0v) is 18.3. The van der Waals surface area contributed by atoms with E-state index >= 15 is 0 Å². The van der Waals surface area contributed by atoms with E-state index in [0.717, 1.165) is 48.7 Å². The number of aryl methyl sites for hydroxylation is 1. The van der Waals surface area contributed by atoms with Crippen molar-refractivity contribution in [2.24, 2.45) is 5.92 Å². The van der Waals surface area contributed by atoms with Gasteiger partial charge in [0.15, 0.2) is 0 Å². The van der Waals surface area contributed by atoms with E-state index < -0.39 is 0 Å². The summed E-state index contributed by atoms with van der Waals surface area (Å²) in [6.07, 6.45) is 5.44. The lowest BCUT2D eigenvalue weighted by molar-refractivity contribution is -0.125. The van der Waals surface area contributed by atoms with Gasteiger partial charge in [-0.3, -0.25) is 4.79 Å². The van der Waals surface area contributed by atoms with Crippen molar-refractivity contribution in [3.8, 4) is 0 Å². The molecule has 3 heterocycles. The number of anilines is 1. The number of aromatic nitrogens is 2. The van der Waals surface area contributed by atoms with Crippen molar-refractivity contribution in [1.82, 2.24) is 15.3 Å². The Labute approximate surface area is 181 Å². The van der Waals surface area contributed by atoms with Crippen LogP contribution in [0.2, 0.25) is 0 Å². The van der Waals surface area contributed by atoms with Crippen LogP contribution in [0.3, 0.4) is 0 Å². The molecule has 3 aromatic rings. The van der Waals surface area contributed by atoms with Gasteiger partial charge < -0.3 is 10.2 Å². The molecule has 0 bridgehead atoms. The molecule has 5 rings (SSSR count). The van der Waals surface area contributed by atoms with Gasteiger partial charge in [-0.2, -0.15) is 0 Å². The third-order valence-corrected chi connectivity index (χ3v) is 7.48. The monoisotopic (exact) mass is 420 g/mol. The van der Waals surface area contributed by atoms with Crippen molar-refractivity contribution in [3.63, 3.8) is 0 Å². The molecule has 2 aliphatic rings. The Balaban J connectivity index is 1.27. The van der Waals surface area contributed by atoms with E-state index in [2.05, 4.69) is 22.5 Å². The van der Waals surface area contributed by atoms with Crippen LogP contribution in [-0.4, -0.2) is 29.0 Å². The maximum Gasteiger partial charge on any atom is 0.223 e. The summed E-state index contributed by atoms with van der Waals surface area (Å²) in [6, 6.07) is 10.1. The minimum atomic E-state index is 0.0805. The van der Waals surface area contributed by atoms with Gasteiger partial charge in [0.05, 0.1) is 10.9 Å². The molecule has 1 saturated carbocycles. The number of fused-ring (bicyclic) bond motifs is 1.